The Morgan fingerprint density at radius 2 is 1.62 bits per heavy atom. The van der Waals surface area contributed by atoms with Crippen LogP contribution in [0.1, 0.15) is 39.5 Å². The number of methoxy groups -OCH3 is 2. The molecule has 3 nitrogen and oxygen atoms in total. The molecule has 0 saturated carbocycles. The Balaban J connectivity index is 0. The average Bonchev–Trinajstić information content (AvgIpc) is 2.12. The Bertz CT molecular complexity index is 94.9. The minimum Gasteiger partial charge on any atom is -0.356 e. The number of ether oxygens (including phenoxy) is 2. The van der Waals surface area contributed by atoms with Crippen molar-refractivity contribution in [3.8, 4) is 0 Å². The highest BCUT2D eigenvalue weighted by molar-refractivity contribution is 4.60. The first-order chi connectivity index (χ1) is 5.79. The molecule has 0 aliphatic rings. The third-order valence-electron chi connectivity index (χ3n) is 2.30. The summed E-state index contributed by atoms with van der Waals surface area (Å²) in [5.74, 6) is 0.556. The predicted molar refractivity (Wildman–Crippen MR) is 56.1 cm³/mol. The van der Waals surface area contributed by atoms with Crippen LogP contribution in [-0.2, 0) is 9.47 Å². The lowest BCUT2D eigenvalue weighted by Crippen LogP contribution is -2.24. The van der Waals surface area contributed by atoms with Crippen molar-refractivity contribution in [1.82, 2.24) is 6.15 Å². The molecule has 0 spiro atoms. The van der Waals surface area contributed by atoms with Gasteiger partial charge in [-0.1, -0.05) is 26.7 Å². The van der Waals surface area contributed by atoms with Crippen molar-refractivity contribution in [3.63, 3.8) is 0 Å². The molecular formula is C10H25NO2. The lowest BCUT2D eigenvalue weighted by molar-refractivity contribution is -0.139. The van der Waals surface area contributed by atoms with Crippen LogP contribution in [0.15, 0.2) is 0 Å². The molecule has 3 heteroatoms. The van der Waals surface area contributed by atoms with Crippen LogP contribution in [-0.4, -0.2) is 20.5 Å². The Morgan fingerprint density at radius 3 is 1.92 bits per heavy atom. The van der Waals surface area contributed by atoms with Gasteiger partial charge in [0.1, 0.15) is 0 Å². The molecule has 3 N–H and O–H groups in total. The fraction of sp³-hybridized carbons (Fsp3) is 1.00. The van der Waals surface area contributed by atoms with E-state index in [1.54, 1.807) is 14.2 Å². The molecule has 0 saturated heterocycles. The molecule has 0 radical (unpaired) electrons. The van der Waals surface area contributed by atoms with Gasteiger partial charge in [-0.15, -0.1) is 0 Å². The lowest BCUT2D eigenvalue weighted by atomic mass is 9.99. The second-order valence-corrected chi connectivity index (χ2v) is 3.15. The van der Waals surface area contributed by atoms with Gasteiger partial charge in [-0.25, -0.2) is 0 Å². The third-order valence-corrected chi connectivity index (χ3v) is 2.30. The third kappa shape index (κ3) is 6.02. The van der Waals surface area contributed by atoms with Gasteiger partial charge in [0.15, 0.2) is 6.29 Å². The van der Waals surface area contributed by atoms with Crippen molar-refractivity contribution in [3.05, 3.63) is 0 Å². The van der Waals surface area contributed by atoms with Crippen molar-refractivity contribution >= 4 is 0 Å². The zero-order valence-electron chi connectivity index (χ0n) is 9.51. The molecule has 0 aliphatic carbocycles. The molecule has 0 fully saturated rings. The van der Waals surface area contributed by atoms with E-state index in [4.69, 9.17) is 9.47 Å². The normalized spacial score (nSPS) is 12.7. The number of hydrogen-bond donors (Lipinski definition) is 1. The van der Waals surface area contributed by atoms with Crippen molar-refractivity contribution < 1.29 is 9.47 Å². The first-order valence-electron chi connectivity index (χ1n) is 4.85. The van der Waals surface area contributed by atoms with E-state index in [0.29, 0.717) is 5.92 Å². The highest BCUT2D eigenvalue weighted by atomic mass is 16.7. The molecule has 0 aromatic carbocycles. The van der Waals surface area contributed by atoms with Crippen molar-refractivity contribution in [2.24, 2.45) is 5.92 Å². The monoisotopic (exact) mass is 191 g/mol. The number of unbranched alkanes of at least 4 members (excludes halogenated alkanes) is 1. The molecule has 0 aromatic rings. The van der Waals surface area contributed by atoms with Crippen LogP contribution < -0.4 is 6.15 Å². The summed E-state index contributed by atoms with van der Waals surface area (Å²) in [5.41, 5.74) is 0. The van der Waals surface area contributed by atoms with E-state index in [2.05, 4.69) is 13.8 Å². The maximum Gasteiger partial charge on any atom is 0.159 e. The Morgan fingerprint density at radius 1 is 1.08 bits per heavy atom. The van der Waals surface area contributed by atoms with Crippen molar-refractivity contribution in [1.29, 1.82) is 0 Å². The number of rotatable bonds is 7. The van der Waals surface area contributed by atoms with E-state index in [0.717, 1.165) is 6.42 Å². The van der Waals surface area contributed by atoms with E-state index >= 15 is 0 Å². The second kappa shape index (κ2) is 9.96. The summed E-state index contributed by atoms with van der Waals surface area (Å²) in [4.78, 5) is 0. The summed E-state index contributed by atoms with van der Waals surface area (Å²) in [5, 5.41) is 0. The van der Waals surface area contributed by atoms with Gasteiger partial charge in [-0.05, 0) is 12.8 Å². The summed E-state index contributed by atoms with van der Waals surface area (Å²) >= 11 is 0. The molecule has 1 atom stereocenters. The van der Waals surface area contributed by atoms with Crippen LogP contribution in [0.4, 0.5) is 0 Å². The molecule has 0 aromatic heterocycles. The standard InChI is InChI=1S/C10H22O2.H3N/c1-5-7-8-9(6-2)10(11-3)12-4;/h9-10H,5-8H2,1-4H3;1H3. The highest BCUT2D eigenvalue weighted by Gasteiger charge is 2.17. The first-order valence-corrected chi connectivity index (χ1v) is 4.85. The Labute approximate surface area is 82.4 Å². The smallest absolute Gasteiger partial charge is 0.159 e. The van der Waals surface area contributed by atoms with Gasteiger partial charge in [0.05, 0.1) is 0 Å². The van der Waals surface area contributed by atoms with Crippen LogP contribution in [0.2, 0.25) is 0 Å². The van der Waals surface area contributed by atoms with E-state index in [1.807, 2.05) is 0 Å². The molecule has 82 valence electrons. The maximum absolute atomic E-state index is 5.23. The van der Waals surface area contributed by atoms with Gasteiger partial charge >= 0.3 is 0 Å². The Hall–Kier alpha value is -0.120. The van der Waals surface area contributed by atoms with Crippen molar-refractivity contribution in [2.45, 2.75) is 45.8 Å². The zero-order valence-corrected chi connectivity index (χ0v) is 9.51. The lowest BCUT2D eigenvalue weighted by Gasteiger charge is -2.23. The van der Waals surface area contributed by atoms with Crippen LogP contribution in [0.3, 0.4) is 0 Å². The number of hydrogen-bond acceptors (Lipinski definition) is 3. The maximum atomic E-state index is 5.23. The van der Waals surface area contributed by atoms with Crippen LogP contribution in [0, 0.1) is 5.92 Å². The molecule has 0 heterocycles. The summed E-state index contributed by atoms with van der Waals surface area (Å²) in [7, 11) is 3.42. The molecule has 1 unspecified atom stereocenters. The van der Waals surface area contributed by atoms with Crippen LogP contribution >= 0.6 is 0 Å². The van der Waals surface area contributed by atoms with Gasteiger partial charge in [0.2, 0.25) is 0 Å². The van der Waals surface area contributed by atoms with Gasteiger partial charge in [0.25, 0.3) is 0 Å². The second-order valence-electron chi connectivity index (χ2n) is 3.15. The SMILES string of the molecule is CCCCC(CC)C(OC)OC.N. The molecule has 0 aliphatic heterocycles. The van der Waals surface area contributed by atoms with Gasteiger partial charge in [-0.3, -0.25) is 0 Å². The average molecular weight is 191 g/mol. The van der Waals surface area contributed by atoms with Crippen LogP contribution in [0.5, 0.6) is 0 Å². The summed E-state index contributed by atoms with van der Waals surface area (Å²) in [6, 6.07) is 0. The predicted octanol–water partition coefficient (Wildman–Crippen LogP) is 2.98. The van der Waals surface area contributed by atoms with Gasteiger partial charge in [-0.2, -0.15) is 0 Å². The van der Waals surface area contributed by atoms with Crippen LogP contribution in [0.25, 0.3) is 0 Å². The van der Waals surface area contributed by atoms with E-state index in [1.165, 1.54) is 19.3 Å². The molecule has 0 bridgehead atoms. The highest BCUT2D eigenvalue weighted by Crippen LogP contribution is 2.19. The van der Waals surface area contributed by atoms with Gasteiger partial charge < -0.3 is 15.6 Å². The summed E-state index contributed by atoms with van der Waals surface area (Å²) < 4.78 is 10.5. The van der Waals surface area contributed by atoms with Gasteiger partial charge in [0, 0.05) is 20.1 Å². The quantitative estimate of drug-likeness (QED) is 0.629. The molecule has 0 amide bonds. The minimum absolute atomic E-state index is 0. The molecule has 0 rings (SSSR count). The molecule has 13 heavy (non-hydrogen) atoms. The van der Waals surface area contributed by atoms with E-state index in [-0.39, 0.29) is 12.4 Å². The largest absolute Gasteiger partial charge is 0.356 e. The fourth-order valence-electron chi connectivity index (χ4n) is 1.48. The molecular weight excluding hydrogens is 166 g/mol. The zero-order chi connectivity index (χ0) is 9.40. The summed E-state index contributed by atoms with van der Waals surface area (Å²) in [6.07, 6.45) is 4.84. The topological polar surface area (TPSA) is 53.5 Å². The fourth-order valence-corrected chi connectivity index (χ4v) is 1.48. The minimum atomic E-state index is -0.0125. The van der Waals surface area contributed by atoms with E-state index in [9.17, 15) is 0 Å². The van der Waals surface area contributed by atoms with Crippen molar-refractivity contribution in [2.75, 3.05) is 14.2 Å². The first kappa shape index (κ1) is 15.4. The Kier molecular flexibility index (Phi) is 11.8. The van der Waals surface area contributed by atoms with E-state index < -0.39 is 0 Å². The summed E-state index contributed by atoms with van der Waals surface area (Å²) in [6.45, 7) is 4.40.